The lowest BCUT2D eigenvalue weighted by Gasteiger charge is -2.14. The van der Waals surface area contributed by atoms with Gasteiger partial charge in [0.2, 0.25) is 0 Å². The van der Waals surface area contributed by atoms with Crippen LogP contribution in [0.1, 0.15) is 13.3 Å². The molecule has 0 aliphatic carbocycles. The molecule has 0 saturated carbocycles. The number of rotatable bonds is 4. The lowest BCUT2D eigenvalue weighted by molar-refractivity contribution is -0.120. The van der Waals surface area contributed by atoms with Gasteiger partial charge in [-0.1, -0.05) is 30.1 Å². The molecule has 1 aromatic rings. The maximum absolute atomic E-state index is 11.8. The Hall–Kier alpha value is -1.52. The molecule has 0 N–H and O–H groups in total. The van der Waals surface area contributed by atoms with E-state index >= 15 is 0 Å². The molecule has 0 fully saturated rings. The van der Waals surface area contributed by atoms with Gasteiger partial charge in [-0.2, -0.15) is 0 Å². The second kappa shape index (κ2) is 5.63. The Bertz CT molecular complexity index is 528. The Morgan fingerprint density at radius 2 is 1.58 bits per heavy atom. The molecule has 0 aromatic heterocycles. The number of amides is 2. The Morgan fingerprint density at radius 3 is 2.05 bits per heavy atom. The smallest absolute Gasteiger partial charge is 0.278 e. The van der Waals surface area contributed by atoms with E-state index in [1.165, 1.54) is 0 Å². The summed E-state index contributed by atoms with van der Waals surface area (Å²) in [5.41, 5.74) is 0.410. The van der Waals surface area contributed by atoms with Crippen molar-refractivity contribution < 1.29 is 14.3 Å². The van der Waals surface area contributed by atoms with E-state index in [0.717, 1.165) is 11.3 Å². The molecule has 1 aliphatic heterocycles. The Kier molecular flexibility index (Phi) is 4.12. The van der Waals surface area contributed by atoms with E-state index in [0.29, 0.717) is 18.0 Å². The number of halogens is 2. The summed E-state index contributed by atoms with van der Waals surface area (Å²) < 4.78 is 5.42. The quantitative estimate of drug-likeness (QED) is 0.803. The third-order valence-corrected chi connectivity index (χ3v) is 3.34. The van der Waals surface area contributed by atoms with Gasteiger partial charge in [0.25, 0.3) is 11.8 Å². The van der Waals surface area contributed by atoms with Gasteiger partial charge in [0, 0.05) is 0 Å². The van der Waals surface area contributed by atoms with Crippen LogP contribution in [0.15, 0.2) is 34.3 Å². The van der Waals surface area contributed by atoms with Crippen LogP contribution in [0, 0.1) is 0 Å². The second-order valence-corrected chi connectivity index (χ2v) is 4.67. The van der Waals surface area contributed by atoms with Crippen LogP contribution in [-0.2, 0) is 9.59 Å². The first kappa shape index (κ1) is 13.9. The van der Waals surface area contributed by atoms with Crippen molar-refractivity contribution >= 4 is 40.7 Å². The Balaban J connectivity index is 2.20. The first-order valence-electron chi connectivity index (χ1n) is 5.73. The van der Waals surface area contributed by atoms with Gasteiger partial charge in [-0.05, 0) is 30.7 Å². The number of imide groups is 1. The largest absolute Gasteiger partial charge is 0.494 e. The molecule has 0 unspecified atom stereocenters. The number of anilines is 1. The molecule has 4 nitrogen and oxygen atoms in total. The number of nitrogens with zero attached hydrogens (tertiary/aromatic N) is 1. The van der Waals surface area contributed by atoms with Gasteiger partial charge in [-0.15, -0.1) is 0 Å². The molecular formula is C13H11Cl2NO3. The Morgan fingerprint density at radius 1 is 1.05 bits per heavy atom. The van der Waals surface area contributed by atoms with Gasteiger partial charge >= 0.3 is 0 Å². The lowest BCUT2D eigenvalue weighted by Crippen LogP contribution is -2.30. The molecule has 1 aromatic carbocycles. The van der Waals surface area contributed by atoms with E-state index in [-0.39, 0.29) is 10.1 Å². The summed E-state index contributed by atoms with van der Waals surface area (Å²) in [6, 6.07) is 6.60. The van der Waals surface area contributed by atoms with Crippen molar-refractivity contribution in [2.45, 2.75) is 13.3 Å². The molecular weight excluding hydrogens is 289 g/mol. The molecule has 0 spiro atoms. The number of carbonyl (C=O) groups is 2. The van der Waals surface area contributed by atoms with Crippen LogP contribution in [-0.4, -0.2) is 18.4 Å². The highest BCUT2D eigenvalue weighted by Crippen LogP contribution is 2.31. The minimum absolute atomic E-state index is 0.252. The first-order valence-corrected chi connectivity index (χ1v) is 6.48. The zero-order valence-corrected chi connectivity index (χ0v) is 11.7. The highest BCUT2D eigenvalue weighted by molar-refractivity contribution is 6.62. The number of ether oxygens (including phenoxy) is 1. The van der Waals surface area contributed by atoms with Crippen molar-refractivity contribution in [1.29, 1.82) is 0 Å². The van der Waals surface area contributed by atoms with Crippen molar-refractivity contribution in [1.82, 2.24) is 0 Å². The SMILES string of the molecule is CCCOc1ccc(N2C(=O)C(Cl)=C(Cl)C2=O)cc1. The fourth-order valence-corrected chi connectivity index (χ4v) is 1.95. The molecule has 0 bridgehead atoms. The molecule has 19 heavy (non-hydrogen) atoms. The topological polar surface area (TPSA) is 46.6 Å². The highest BCUT2D eigenvalue weighted by atomic mass is 35.5. The average Bonchev–Trinajstić information content (AvgIpc) is 2.62. The van der Waals surface area contributed by atoms with Crippen LogP contribution in [0.3, 0.4) is 0 Å². The summed E-state index contributed by atoms with van der Waals surface area (Å²) in [6.07, 6.45) is 0.903. The lowest BCUT2D eigenvalue weighted by atomic mass is 10.2. The van der Waals surface area contributed by atoms with Crippen LogP contribution >= 0.6 is 23.2 Å². The minimum atomic E-state index is -0.612. The van der Waals surface area contributed by atoms with Crippen molar-refractivity contribution in [3.63, 3.8) is 0 Å². The maximum Gasteiger partial charge on any atom is 0.278 e. The van der Waals surface area contributed by atoms with E-state index in [2.05, 4.69) is 0 Å². The molecule has 2 rings (SSSR count). The fraction of sp³-hybridized carbons (Fsp3) is 0.231. The number of hydrogen-bond acceptors (Lipinski definition) is 3. The third kappa shape index (κ3) is 2.60. The molecule has 0 radical (unpaired) electrons. The molecule has 0 saturated heterocycles. The standard InChI is InChI=1S/C13H11Cl2NO3/c1-2-7-19-9-5-3-8(4-6-9)16-12(17)10(14)11(15)13(16)18/h3-6H,2,7H2,1H3. The highest BCUT2D eigenvalue weighted by Gasteiger charge is 2.37. The zero-order chi connectivity index (χ0) is 14.0. The van der Waals surface area contributed by atoms with Gasteiger partial charge in [0.1, 0.15) is 15.8 Å². The average molecular weight is 300 g/mol. The van der Waals surface area contributed by atoms with Crippen molar-refractivity contribution in [3.8, 4) is 5.75 Å². The summed E-state index contributed by atoms with van der Waals surface area (Å²) in [6.45, 7) is 2.62. The predicted octanol–water partition coefficient (Wildman–Crippen LogP) is 3.04. The molecule has 100 valence electrons. The Labute approximate surface area is 120 Å². The number of carbonyl (C=O) groups excluding carboxylic acids is 2. The maximum atomic E-state index is 11.8. The van der Waals surface area contributed by atoms with Gasteiger partial charge < -0.3 is 4.74 Å². The van der Waals surface area contributed by atoms with Crippen LogP contribution in [0.5, 0.6) is 5.75 Å². The summed E-state index contributed by atoms with van der Waals surface area (Å²) in [5, 5.41) is -0.504. The van der Waals surface area contributed by atoms with Crippen LogP contribution in [0.25, 0.3) is 0 Å². The number of benzene rings is 1. The zero-order valence-electron chi connectivity index (χ0n) is 10.2. The van der Waals surface area contributed by atoms with Crippen molar-refractivity contribution in [2.75, 3.05) is 11.5 Å². The molecule has 1 heterocycles. The second-order valence-electron chi connectivity index (χ2n) is 3.92. The van der Waals surface area contributed by atoms with E-state index in [1.807, 2.05) is 6.92 Å². The van der Waals surface area contributed by atoms with Crippen LogP contribution < -0.4 is 9.64 Å². The van der Waals surface area contributed by atoms with E-state index in [9.17, 15) is 9.59 Å². The summed E-state index contributed by atoms with van der Waals surface area (Å²) in [5.74, 6) is -0.548. The van der Waals surface area contributed by atoms with Gasteiger partial charge in [-0.25, -0.2) is 4.90 Å². The fourth-order valence-electron chi connectivity index (χ4n) is 1.62. The summed E-state index contributed by atoms with van der Waals surface area (Å²) in [7, 11) is 0. The number of hydrogen-bond donors (Lipinski definition) is 0. The normalized spacial score (nSPS) is 15.4. The molecule has 6 heteroatoms. The summed E-state index contributed by atoms with van der Waals surface area (Å²) >= 11 is 11.3. The van der Waals surface area contributed by atoms with E-state index in [1.54, 1.807) is 24.3 Å². The van der Waals surface area contributed by atoms with Crippen molar-refractivity contribution in [3.05, 3.63) is 34.3 Å². The van der Waals surface area contributed by atoms with E-state index < -0.39 is 11.8 Å². The molecule has 2 amide bonds. The van der Waals surface area contributed by atoms with Gasteiger partial charge in [0.15, 0.2) is 0 Å². The molecule has 0 atom stereocenters. The van der Waals surface area contributed by atoms with Crippen LogP contribution in [0.2, 0.25) is 0 Å². The first-order chi connectivity index (χ1) is 9.06. The predicted molar refractivity (Wildman–Crippen MR) is 73.5 cm³/mol. The summed E-state index contributed by atoms with van der Waals surface area (Å²) in [4.78, 5) is 24.5. The van der Waals surface area contributed by atoms with Gasteiger partial charge in [0.05, 0.1) is 12.3 Å². The minimum Gasteiger partial charge on any atom is -0.494 e. The monoisotopic (exact) mass is 299 g/mol. The third-order valence-electron chi connectivity index (χ3n) is 2.54. The van der Waals surface area contributed by atoms with Crippen LogP contribution in [0.4, 0.5) is 5.69 Å². The van der Waals surface area contributed by atoms with Crippen molar-refractivity contribution in [2.24, 2.45) is 0 Å². The van der Waals surface area contributed by atoms with E-state index in [4.69, 9.17) is 27.9 Å². The van der Waals surface area contributed by atoms with Gasteiger partial charge in [-0.3, -0.25) is 9.59 Å². The molecule has 1 aliphatic rings.